The van der Waals surface area contributed by atoms with Gasteiger partial charge in [0.15, 0.2) is 0 Å². The van der Waals surface area contributed by atoms with Crippen LogP contribution in [0.25, 0.3) is 0 Å². The van der Waals surface area contributed by atoms with Gasteiger partial charge in [0, 0.05) is 32.2 Å². The lowest BCUT2D eigenvalue weighted by Crippen LogP contribution is -2.54. The van der Waals surface area contributed by atoms with Crippen LogP contribution in [0, 0.1) is 0 Å². The number of ether oxygens (including phenoxy) is 1. The van der Waals surface area contributed by atoms with Crippen molar-refractivity contribution in [1.29, 1.82) is 0 Å². The van der Waals surface area contributed by atoms with Gasteiger partial charge in [-0.05, 0) is 26.9 Å². The van der Waals surface area contributed by atoms with E-state index >= 15 is 0 Å². The zero-order valence-electron chi connectivity index (χ0n) is 13.1. The highest BCUT2D eigenvalue weighted by molar-refractivity contribution is 5.82. The third-order valence-electron chi connectivity index (χ3n) is 4.28. The molecule has 0 spiro atoms. The van der Waals surface area contributed by atoms with Crippen LogP contribution in [0.15, 0.2) is 0 Å². The van der Waals surface area contributed by atoms with Crippen LogP contribution in [0.1, 0.15) is 32.1 Å². The normalized spacial score (nSPS) is 18.5. The maximum absolute atomic E-state index is 11.9. The molecule has 1 aliphatic rings. The number of nitrogens with zero attached hydrogens (tertiary/aromatic N) is 1. The van der Waals surface area contributed by atoms with Gasteiger partial charge in [-0.2, -0.15) is 0 Å². The summed E-state index contributed by atoms with van der Waals surface area (Å²) in [6, 6.07) is -1.37. The Morgan fingerprint density at radius 1 is 1.33 bits per heavy atom. The number of carbonyl (C=O) groups is 2. The minimum Gasteiger partial charge on any atom is -0.480 e. The van der Waals surface area contributed by atoms with Gasteiger partial charge in [-0.25, -0.2) is 9.59 Å². The predicted octanol–water partition coefficient (Wildman–Crippen LogP) is 0.650. The molecular formula is C14H27N3O4. The number of methoxy groups -OCH3 is 1. The number of amides is 2. The van der Waals surface area contributed by atoms with E-state index in [1.165, 1.54) is 7.11 Å². The standard InChI is InChI=1S/C14H27N3O4/c1-17(2)14(7-4-5-8-14)10-15-13(20)16-11(12(18)19)6-9-21-3/h11H,4-10H2,1-3H3,(H,18,19)(H2,15,16,20). The zero-order valence-corrected chi connectivity index (χ0v) is 13.1. The summed E-state index contributed by atoms with van der Waals surface area (Å²) in [5.74, 6) is -1.05. The Kier molecular flexibility index (Phi) is 6.91. The molecule has 0 heterocycles. The number of likely N-dealkylation sites (N-methyl/N-ethyl adjacent to an activating group) is 1. The lowest BCUT2D eigenvalue weighted by Gasteiger charge is -2.36. The van der Waals surface area contributed by atoms with Gasteiger partial charge in [-0.15, -0.1) is 0 Å². The summed E-state index contributed by atoms with van der Waals surface area (Å²) < 4.78 is 4.85. The van der Waals surface area contributed by atoms with Crippen molar-refractivity contribution in [3.63, 3.8) is 0 Å². The van der Waals surface area contributed by atoms with E-state index in [9.17, 15) is 9.59 Å². The van der Waals surface area contributed by atoms with Crippen LogP contribution in [0.5, 0.6) is 0 Å². The molecule has 0 aromatic rings. The second-order valence-electron chi connectivity index (χ2n) is 5.83. The molecule has 0 aliphatic heterocycles. The highest BCUT2D eigenvalue weighted by Gasteiger charge is 2.36. The van der Waals surface area contributed by atoms with Crippen LogP contribution in [0.3, 0.4) is 0 Å². The van der Waals surface area contributed by atoms with E-state index in [0.29, 0.717) is 13.2 Å². The molecule has 122 valence electrons. The summed E-state index contributed by atoms with van der Waals surface area (Å²) in [7, 11) is 5.53. The third-order valence-corrected chi connectivity index (χ3v) is 4.28. The van der Waals surface area contributed by atoms with E-state index in [1.807, 2.05) is 14.1 Å². The molecule has 1 saturated carbocycles. The Morgan fingerprint density at radius 3 is 2.43 bits per heavy atom. The summed E-state index contributed by atoms with van der Waals surface area (Å²) in [5, 5.41) is 14.4. The van der Waals surface area contributed by atoms with Crippen molar-refractivity contribution in [1.82, 2.24) is 15.5 Å². The van der Waals surface area contributed by atoms with E-state index in [4.69, 9.17) is 9.84 Å². The van der Waals surface area contributed by atoms with Gasteiger partial charge in [0.05, 0.1) is 0 Å². The molecule has 1 atom stereocenters. The van der Waals surface area contributed by atoms with Crippen molar-refractivity contribution in [2.24, 2.45) is 0 Å². The first-order chi connectivity index (χ1) is 9.91. The second-order valence-corrected chi connectivity index (χ2v) is 5.83. The lowest BCUT2D eigenvalue weighted by atomic mass is 9.96. The van der Waals surface area contributed by atoms with Crippen LogP contribution < -0.4 is 10.6 Å². The lowest BCUT2D eigenvalue weighted by molar-refractivity contribution is -0.139. The Balaban J connectivity index is 2.46. The summed E-state index contributed by atoms with van der Waals surface area (Å²) >= 11 is 0. The van der Waals surface area contributed by atoms with Gasteiger partial charge in [0.1, 0.15) is 6.04 Å². The second kappa shape index (κ2) is 8.19. The number of rotatable bonds is 8. The zero-order chi connectivity index (χ0) is 15.9. The van der Waals surface area contributed by atoms with E-state index in [1.54, 1.807) is 0 Å². The van der Waals surface area contributed by atoms with Gasteiger partial charge in [-0.3, -0.25) is 0 Å². The summed E-state index contributed by atoms with van der Waals surface area (Å²) in [6.07, 6.45) is 4.66. The van der Waals surface area contributed by atoms with Gasteiger partial charge < -0.3 is 25.4 Å². The number of nitrogens with one attached hydrogen (secondary N) is 2. The monoisotopic (exact) mass is 301 g/mol. The molecule has 1 fully saturated rings. The minimum atomic E-state index is -1.05. The molecular weight excluding hydrogens is 274 g/mol. The maximum atomic E-state index is 11.9. The predicted molar refractivity (Wildman–Crippen MR) is 79.3 cm³/mol. The van der Waals surface area contributed by atoms with Crippen molar-refractivity contribution >= 4 is 12.0 Å². The van der Waals surface area contributed by atoms with Crippen LogP contribution in [-0.2, 0) is 9.53 Å². The topological polar surface area (TPSA) is 90.9 Å². The Morgan fingerprint density at radius 2 is 1.95 bits per heavy atom. The highest BCUT2D eigenvalue weighted by atomic mass is 16.5. The Hall–Kier alpha value is -1.34. The largest absolute Gasteiger partial charge is 0.480 e. The number of hydrogen-bond acceptors (Lipinski definition) is 4. The first-order valence-corrected chi connectivity index (χ1v) is 7.35. The summed E-state index contributed by atoms with van der Waals surface area (Å²) in [6.45, 7) is 0.821. The fourth-order valence-corrected chi connectivity index (χ4v) is 2.76. The summed E-state index contributed by atoms with van der Waals surface area (Å²) in [4.78, 5) is 25.1. The average Bonchev–Trinajstić information content (AvgIpc) is 2.91. The molecule has 0 bridgehead atoms. The fourth-order valence-electron chi connectivity index (χ4n) is 2.76. The van der Waals surface area contributed by atoms with E-state index < -0.39 is 18.0 Å². The van der Waals surface area contributed by atoms with Gasteiger partial charge in [-0.1, -0.05) is 12.8 Å². The number of carbonyl (C=O) groups excluding carboxylic acids is 1. The quantitative estimate of drug-likeness (QED) is 0.612. The maximum Gasteiger partial charge on any atom is 0.326 e. The smallest absolute Gasteiger partial charge is 0.326 e. The molecule has 2 amide bonds. The van der Waals surface area contributed by atoms with Crippen LogP contribution in [0.4, 0.5) is 4.79 Å². The molecule has 0 saturated heterocycles. The molecule has 1 aliphatic carbocycles. The van der Waals surface area contributed by atoms with Gasteiger partial charge >= 0.3 is 12.0 Å². The number of hydrogen-bond donors (Lipinski definition) is 3. The molecule has 1 unspecified atom stereocenters. The first kappa shape index (κ1) is 17.7. The third kappa shape index (κ3) is 5.17. The van der Waals surface area contributed by atoms with Crippen molar-refractivity contribution < 1.29 is 19.4 Å². The number of aliphatic carboxylic acids is 1. The molecule has 21 heavy (non-hydrogen) atoms. The molecule has 1 rings (SSSR count). The van der Waals surface area contributed by atoms with E-state index in [2.05, 4.69) is 15.5 Å². The molecule has 7 nitrogen and oxygen atoms in total. The number of carboxylic acid groups (broad SMARTS) is 1. The average molecular weight is 301 g/mol. The fraction of sp³-hybridized carbons (Fsp3) is 0.857. The van der Waals surface area contributed by atoms with Gasteiger partial charge in [0.25, 0.3) is 0 Å². The van der Waals surface area contributed by atoms with Gasteiger partial charge in [0.2, 0.25) is 0 Å². The van der Waals surface area contributed by atoms with Crippen molar-refractivity contribution in [2.75, 3.05) is 34.4 Å². The van der Waals surface area contributed by atoms with Crippen LogP contribution in [-0.4, -0.2) is 67.9 Å². The Labute approximate surface area is 126 Å². The number of carboxylic acids is 1. The molecule has 0 radical (unpaired) electrons. The van der Waals surface area contributed by atoms with Crippen molar-refractivity contribution in [3.05, 3.63) is 0 Å². The molecule has 3 N–H and O–H groups in total. The molecule has 0 aromatic heterocycles. The minimum absolute atomic E-state index is 0.0113. The SMILES string of the molecule is COCCC(NC(=O)NCC1(N(C)C)CCCC1)C(=O)O. The van der Waals surface area contributed by atoms with E-state index in [0.717, 1.165) is 25.7 Å². The van der Waals surface area contributed by atoms with Crippen LogP contribution in [0.2, 0.25) is 0 Å². The highest BCUT2D eigenvalue weighted by Crippen LogP contribution is 2.32. The molecule has 7 heteroatoms. The van der Waals surface area contributed by atoms with Crippen molar-refractivity contribution in [2.45, 2.75) is 43.7 Å². The Bertz CT molecular complexity index is 354. The van der Waals surface area contributed by atoms with Crippen molar-refractivity contribution in [3.8, 4) is 0 Å². The summed E-state index contributed by atoms with van der Waals surface area (Å²) in [5.41, 5.74) is -0.0113. The van der Waals surface area contributed by atoms with Crippen LogP contribution >= 0.6 is 0 Å². The number of urea groups is 1. The first-order valence-electron chi connectivity index (χ1n) is 7.35. The molecule has 0 aromatic carbocycles. The van der Waals surface area contributed by atoms with E-state index in [-0.39, 0.29) is 12.0 Å².